The Hall–Kier alpha value is -0.990. The van der Waals surface area contributed by atoms with Gasteiger partial charge >= 0.3 is 0 Å². The Bertz CT molecular complexity index is 160. The molecule has 0 radical (unpaired) electrons. The molecule has 0 aliphatic heterocycles. The minimum Gasteiger partial charge on any atom is -0.381 e. The summed E-state index contributed by atoms with van der Waals surface area (Å²) in [6, 6.07) is 0. The molecule has 1 rings (SSSR count). The topological polar surface area (TPSA) is 38.1 Å². The van der Waals surface area contributed by atoms with Crippen molar-refractivity contribution in [3.8, 4) is 0 Å². The summed E-state index contributed by atoms with van der Waals surface area (Å²) in [6.07, 6.45) is 5.68. The van der Waals surface area contributed by atoms with Gasteiger partial charge < -0.3 is 9.84 Å². The first-order valence-corrected chi connectivity index (χ1v) is 3.56. The van der Waals surface area contributed by atoms with Crippen LogP contribution < -0.4 is 5.32 Å². The quantitative estimate of drug-likeness (QED) is 0.649. The minimum absolute atomic E-state index is 0.966. The molecule has 1 heterocycles. The third-order valence-electron chi connectivity index (χ3n) is 1.29. The second-order valence-corrected chi connectivity index (χ2v) is 2.19. The van der Waals surface area contributed by atoms with Crippen molar-refractivity contribution in [2.45, 2.75) is 19.8 Å². The van der Waals surface area contributed by atoms with Gasteiger partial charge in [0.25, 0.3) is 0 Å². The monoisotopic (exact) mass is 140 g/mol. The van der Waals surface area contributed by atoms with E-state index in [4.69, 9.17) is 0 Å². The lowest BCUT2D eigenvalue weighted by Gasteiger charge is -1.98. The number of aromatic nitrogens is 1. The van der Waals surface area contributed by atoms with Gasteiger partial charge in [0.1, 0.15) is 6.26 Å². The minimum atomic E-state index is 0.966. The maximum absolute atomic E-state index is 4.63. The fourth-order valence-electron chi connectivity index (χ4n) is 0.702. The van der Waals surface area contributed by atoms with E-state index in [0.717, 1.165) is 12.2 Å². The molecular formula is C7H12N2O. The molecule has 0 aliphatic carbocycles. The van der Waals surface area contributed by atoms with Gasteiger partial charge in [0, 0.05) is 6.54 Å². The highest BCUT2D eigenvalue weighted by atomic mass is 16.5. The Kier molecular flexibility index (Phi) is 2.80. The molecule has 56 valence electrons. The van der Waals surface area contributed by atoms with Crippen molar-refractivity contribution in [1.82, 2.24) is 5.16 Å². The summed E-state index contributed by atoms with van der Waals surface area (Å²) in [7, 11) is 0. The van der Waals surface area contributed by atoms with E-state index in [1.165, 1.54) is 12.8 Å². The summed E-state index contributed by atoms with van der Waals surface area (Å²) in [5, 5.41) is 6.73. The van der Waals surface area contributed by atoms with E-state index in [9.17, 15) is 0 Å². The number of nitrogens with zero attached hydrogens (tertiary/aromatic N) is 1. The lowest BCUT2D eigenvalue weighted by Crippen LogP contribution is -1.98. The lowest BCUT2D eigenvalue weighted by molar-refractivity contribution is 0.420. The van der Waals surface area contributed by atoms with Crippen molar-refractivity contribution < 1.29 is 4.52 Å². The van der Waals surface area contributed by atoms with Crippen LogP contribution in [-0.4, -0.2) is 11.7 Å². The Morgan fingerprint density at radius 1 is 1.70 bits per heavy atom. The van der Waals surface area contributed by atoms with Gasteiger partial charge in [-0.3, -0.25) is 0 Å². The van der Waals surface area contributed by atoms with Gasteiger partial charge in [0.15, 0.2) is 0 Å². The second-order valence-electron chi connectivity index (χ2n) is 2.19. The van der Waals surface area contributed by atoms with Gasteiger partial charge in [-0.25, -0.2) is 0 Å². The standard InChI is InChI=1S/C7H12N2O/c1-2-3-4-8-7-5-9-10-6-7/h5-6,8H,2-4H2,1H3. The van der Waals surface area contributed by atoms with Crippen molar-refractivity contribution in [2.75, 3.05) is 11.9 Å². The molecule has 1 aromatic heterocycles. The summed E-state index contributed by atoms with van der Waals surface area (Å²) in [5.41, 5.74) is 0.966. The molecule has 0 saturated heterocycles. The van der Waals surface area contributed by atoms with Crippen LogP contribution >= 0.6 is 0 Å². The van der Waals surface area contributed by atoms with E-state index in [2.05, 4.69) is 21.9 Å². The summed E-state index contributed by atoms with van der Waals surface area (Å²) >= 11 is 0. The molecule has 0 aliphatic rings. The van der Waals surface area contributed by atoms with Gasteiger partial charge in [-0.05, 0) is 6.42 Å². The van der Waals surface area contributed by atoms with E-state index in [1.807, 2.05) is 0 Å². The molecule has 0 aromatic carbocycles. The molecule has 0 unspecified atom stereocenters. The number of unbranched alkanes of at least 4 members (excludes halogenated alkanes) is 1. The largest absolute Gasteiger partial charge is 0.381 e. The highest BCUT2D eigenvalue weighted by Crippen LogP contribution is 2.02. The van der Waals surface area contributed by atoms with Crippen molar-refractivity contribution in [3.05, 3.63) is 12.5 Å². The number of hydrogen-bond donors (Lipinski definition) is 1. The van der Waals surface area contributed by atoms with Gasteiger partial charge in [0.2, 0.25) is 0 Å². The number of hydrogen-bond acceptors (Lipinski definition) is 3. The molecule has 0 spiro atoms. The van der Waals surface area contributed by atoms with E-state index in [1.54, 1.807) is 12.5 Å². The van der Waals surface area contributed by atoms with Gasteiger partial charge in [0.05, 0.1) is 11.9 Å². The van der Waals surface area contributed by atoms with Crippen molar-refractivity contribution >= 4 is 5.69 Å². The molecule has 3 heteroatoms. The first kappa shape index (κ1) is 7.12. The highest BCUT2D eigenvalue weighted by Gasteiger charge is 1.90. The highest BCUT2D eigenvalue weighted by molar-refractivity contribution is 5.35. The molecule has 0 atom stereocenters. The van der Waals surface area contributed by atoms with Crippen molar-refractivity contribution in [2.24, 2.45) is 0 Å². The number of rotatable bonds is 4. The van der Waals surface area contributed by atoms with Crippen LogP contribution in [0.1, 0.15) is 19.8 Å². The Balaban J connectivity index is 2.15. The molecule has 0 saturated carbocycles. The Morgan fingerprint density at radius 2 is 2.60 bits per heavy atom. The van der Waals surface area contributed by atoms with Crippen LogP contribution in [0, 0.1) is 0 Å². The SMILES string of the molecule is CCCCNc1cnoc1. The molecule has 1 N–H and O–H groups in total. The zero-order valence-corrected chi connectivity index (χ0v) is 6.13. The van der Waals surface area contributed by atoms with Crippen LogP contribution in [0.15, 0.2) is 17.0 Å². The van der Waals surface area contributed by atoms with E-state index in [0.29, 0.717) is 0 Å². The summed E-state index contributed by atoms with van der Waals surface area (Å²) in [5.74, 6) is 0. The smallest absolute Gasteiger partial charge is 0.146 e. The van der Waals surface area contributed by atoms with E-state index >= 15 is 0 Å². The number of nitrogens with one attached hydrogen (secondary N) is 1. The zero-order valence-electron chi connectivity index (χ0n) is 6.13. The van der Waals surface area contributed by atoms with Crippen LogP contribution in [0.25, 0.3) is 0 Å². The molecule has 0 fully saturated rings. The van der Waals surface area contributed by atoms with Crippen LogP contribution in [0.3, 0.4) is 0 Å². The maximum Gasteiger partial charge on any atom is 0.146 e. The van der Waals surface area contributed by atoms with Crippen LogP contribution in [0.4, 0.5) is 5.69 Å². The normalized spacial score (nSPS) is 9.70. The fraction of sp³-hybridized carbons (Fsp3) is 0.571. The molecule has 0 amide bonds. The first-order chi connectivity index (χ1) is 4.93. The summed E-state index contributed by atoms with van der Waals surface area (Å²) < 4.78 is 4.63. The third-order valence-corrected chi connectivity index (χ3v) is 1.29. The molecule has 10 heavy (non-hydrogen) atoms. The second kappa shape index (κ2) is 3.93. The molecule has 0 bridgehead atoms. The summed E-state index contributed by atoms with van der Waals surface area (Å²) in [4.78, 5) is 0. The Morgan fingerprint density at radius 3 is 3.20 bits per heavy atom. The van der Waals surface area contributed by atoms with Gasteiger partial charge in [-0.1, -0.05) is 18.5 Å². The number of anilines is 1. The lowest BCUT2D eigenvalue weighted by atomic mass is 10.3. The average Bonchev–Trinajstić information content (AvgIpc) is 2.41. The van der Waals surface area contributed by atoms with Crippen LogP contribution in [0.2, 0.25) is 0 Å². The van der Waals surface area contributed by atoms with Crippen molar-refractivity contribution in [1.29, 1.82) is 0 Å². The van der Waals surface area contributed by atoms with Gasteiger partial charge in [-0.15, -0.1) is 0 Å². The molecular weight excluding hydrogens is 128 g/mol. The van der Waals surface area contributed by atoms with Crippen LogP contribution in [-0.2, 0) is 0 Å². The van der Waals surface area contributed by atoms with Crippen molar-refractivity contribution in [3.63, 3.8) is 0 Å². The Labute approximate surface area is 60.4 Å². The predicted molar refractivity (Wildman–Crippen MR) is 39.9 cm³/mol. The maximum atomic E-state index is 4.63. The summed E-state index contributed by atoms with van der Waals surface area (Å²) in [6.45, 7) is 3.16. The van der Waals surface area contributed by atoms with E-state index in [-0.39, 0.29) is 0 Å². The fourth-order valence-corrected chi connectivity index (χ4v) is 0.702. The first-order valence-electron chi connectivity index (χ1n) is 3.56. The molecule has 1 aromatic rings. The van der Waals surface area contributed by atoms with Gasteiger partial charge in [-0.2, -0.15) is 0 Å². The average molecular weight is 140 g/mol. The predicted octanol–water partition coefficient (Wildman–Crippen LogP) is 1.89. The zero-order chi connectivity index (χ0) is 7.23. The third kappa shape index (κ3) is 2.09. The van der Waals surface area contributed by atoms with Crippen LogP contribution in [0.5, 0.6) is 0 Å². The van der Waals surface area contributed by atoms with E-state index < -0.39 is 0 Å². The molecule has 3 nitrogen and oxygen atoms in total.